The van der Waals surface area contributed by atoms with Gasteiger partial charge in [-0.25, -0.2) is 23.9 Å². The first-order valence-electron chi connectivity index (χ1n) is 13.5. The van der Waals surface area contributed by atoms with E-state index in [-0.39, 0.29) is 11.1 Å². The minimum absolute atomic E-state index is 0.00659. The lowest BCUT2D eigenvalue weighted by Gasteiger charge is -2.40. The molecule has 1 atom stereocenters. The van der Waals surface area contributed by atoms with Gasteiger partial charge in [0.1, 0.15) is 5.82 Å². The van der Waals surface area contributed by atoms with E-state index in [4.69, 9.17) is 31.4 Å². The van der Waals surface area contributed by atoms with Gasteiger partial charge in [0.2, 0.25) is 0 Å². The van der Waals surface area contributed by atoms with Crippen molar-refractivity contribution >= 4 is 52.1 Å². The number of amidine groups is 2. The fourth-order valence-electron chi connectivity index (χ4n) is 5.49. The summed E-state index contributed by atoms with van der Waals surface area (Å²) in [4.78, 5) is 24.5. The van der Waals surface area contributed by atoms with Crippen LogP contribution < -0.4 is 10.2 Å². The van der Waals surface area contributed by atoms with E-state index in [9.17, 15) is 9.18 Å². The molecule has 8 nitrogen and oxygen atoms in total. The van der Waals surface area contributed by atoms with Gasteiger partial charge in [-0.15, -0.1) is 0 Å². The Morgan fingerprint density at radius 3 is 2.44 bits per heavy atom. The Kier molecular flexibility index (Phi) is 6.51. The maximum atomic E-state index is 14.0. The molecule has 0 radical (unpaired) electrons. The number of ether oxygens (including phenoxy) is 1. The van der Waals surface area contributed by atoms with Crippen molar-refractivity contribution < 1.29 is 13.9 Å². The number of aromatic nitrogens is 2. The summed E-state index contributed by atoms with van der Waals surface area (Å²) in [5.74, 6) is 0.740. The molecule has 5 aromatic rings. The summed E-state index contributed by atoms with van der Waals surface area (Å²) in [6.07, 6.45) is 0. The van der Waals surface area contributed by atoms with Crippen LogP contribution in [-0.4, -0.2) is 34.5 Å². The van der Waals surface area contributed by atoms with Gasteiger partial charge in [0.15, 0.2) is 17.5 Å². The summed E-state index contributed by atoms with van der Waals surface area (Å²) in [6.45, 7) is 1.97. The second kappa shape index (κ2) is 10.5. The van der Waals surface area contributed by atoms with Gasteiger partial charge in [-0.1, -0.05) is 54.1 Å². The Bertz CT molecular complexity index is 1950. The number of nitrogens with one attached hydrogen (secondary N) is 1. The number of para-hydroxylation sites is 3. The monoisotopic (exact) mass is 590 g/mol. The molecule has 1 N–H and O–H groups in total. The number of halogens is 2. The molecule has 4 aromatic carbocycles. The van der Waals surface area contributed by atoms with Gasteiger partial charge < -0.3 is 15.0 Å². The molecule has 1 aromatic heterocycles. The number of hydrogen-bond acceptors (Lipinski definition) is 7. The van der Waals surface area contributed by atoms with Crippen LogP contribution in [0.3, 0.4) is 0 Å². The summed E-state index contributed by atoms with van der Waals surface area (Å²) < 4.78 is 20.8. The lowest BCUT2D eigenvalue weighted by molar-refractivity contribution is 0.0600. The van der Waals surface area contributed by atoms with Gasteiger partial charge in [-0.3, -0.25) is 0 Å². The van der Waals surface area contributed by atoms with Crippen molar-refractivity contribution in [1.82, 2.24) is 9.78 Å². The summed E-state index contributed by atoms with van der Waals surface area (Å²) in [5, 5.41) is 8.25. The van der Waals surface area contributed by atoms with Crippen molar-refractivity contribution in [2.45, 2.75) is 13.0 Å². The average Bonchev–Trinajstić information content (AvgIpc) is 3.37. The first-order valence-corrected chi connectivity index (χ1v) is 13.9. The van der Waals surface area contributed by atoms with E-state index >= 15 is 0 Å². The molecule has 212 valence electrons. The zero-order chi connectivity index (χ0) is 29.7. The van der Waals surface area contributed by atoms with E-state index < -0.39 is 11.8 Å². The predicted molar refractivity (Wildman–Crippen MR) is 166 cm³/mol. The molecule has 0 spiro atoms. The SMILES string of the molecule is COC(=O)c1ccc([C@@H]2c3c(C)nn(-c4ccccc4)c3N=C3C(Nc4ccc(F)c(Cl)c4)=Nc4ccccc4N32)cc1. The number of methoxy groups -OCH3 is 1. The smallest absolute Gasteiger partial charge is 0.337 e. The first kappa shape index (κ1) is 26.6. The molecule has 0 fully saturated rings. The Balaban J connectivity index is 1.47. The van der Waals surface area contributed by atoms with Crippen molar-refractivity contribution in [3.8, 4) is 5.69 Å². The second-order valence-electron chi connectivity index (χ2n) is 10.1. The summed E-state index contributed by atoms with van der Waals surface area (Å²) in [6, 6.07) is 29.0. The third kappa shape index (κ3) is 4.54. The molecule has 7 rings (SSSR count). The van der Waals surface area contributed by atoms with Crippen LogP contribution in [0.5, 0.6) is 0 Å². The van der Waals surface area contributed by atoms with Crippen LogP contribution in [0, 0.1) is 12.7 Å². The highest BCUT2D eigenvalue weighted by molar-refractivity contribution is 6.51. The molecule has 0 bridgehead atoms. The molecule has 2 aliphatic heterocycles. The average molecular weight is 591 g/mol. The highest BCUT2D eigenvalue weighted by Crippen LogP contribution is 2.48. The molecule has 0 aliphatic carbocycles. The second-order valence-corrected chi connectivity index (χ2v) is 10.5. The van der Waals surface area contributed by atoms with E-state index in [2.05, 4.69) is 10.2 Å². The van der Waals surface area contributed by atoms with Gasteiger partial charge in [0.05, 0.1) is 46.5 Å². The zero-order valence-corrected chi connectivity index (χ0v) is 23.9. The zero-order valence-electron chi connectivity index (χ0n) is 23.1. The highest BCUT2D eigenvalue weighted by atomic mass is 35.5. The van der Waals surface area contributed by atoms with Gasteiger partial charge >= 0.3 is 5.97 Å². The van der Waals surface area contributed by atoms with Gasteiger partial charge in [0.25, 0.3) is 0 Å². The Hall–Kier alpha value is -5.28. The van der Waals surface area contributed by atoms with E-state index in [1.54, 1.807) is 18.2 Å². The van der Waals surface area contributed by atoms with Crippen LogP contribution in [0.1, 0.15) is 33.2 Å². The normalized spacial score (nSPS) is 15.1. The number of carbonyl (C=O) groups is 1. The number of nitrogens with zero attached hydrogens (tertiary/aromatic N) is 5. The molecule has 2 aliphatic rings. The fourth-order valence-corrected chi connectivity index (χ4v) is 5.67. The maximum Gasteiger partial charge on any atom is 0.337 e. The Morgan fingerprint density at radius 2 is 1.70 bits per heavy atom. The Labute approximate surface area is 251 Å². The quantitative estimate of drug-likeness (QED) is 0.218. The van der Waals surface area contributed by atoms with Crippen molar-refractivity contribution in [2.24, 2.45) is 9.98 Å². The molecule has 10 heteroatoms. The fraction of sp³-hybridized carbons (Fsp3) is 0.0909. The van der Waals surface area contributed by atoms with E-state index in [0.29, 0.717) is 28.7 Å². The summed E-state index contributed by atoms with van der Waals surface area (Å²) in [5.41, 5.74) is 6.08. The number of carbonyl (C=O) groups excluding carboxylic acids is 1. The van der Waals surface area contributed by atoms with Crippen LogP contribution in [-0.2, 0) is 4.74 Å². The van der Waals surface area contributed by atoms with E-state index in [1.165, 1.54) is 19.2 Å². The van der Waals surface area contributed by atoms with E-state index in [1.807, 2.05) is 78.3 Å². The number of anilines is 2. The number of hydrogen-bond donors (Lipinski definition) is 1. The predicted octanol–water partition coefficient (Wildman–Crippen LogP) is 7.56. The molecule has 3 heterocycles. The lowest BCUT2D eigenvalue weighted by atomic mass is 9.92. The molecular weight excluding hydrogens is 567 g/mol. The van der Waals surface area contributed by atoms with Crippen LogP contribution in [0.25, 0.3) is 5.69 Å². The van der Waals surface area contributed by atoms with Crippen LogP contribution in [0.15, 0.2) is 107 Å². The number of benzene rings is 4. The Morgan fingerprint density at radius 1 is 0.953 bits per heavy atom. The van der Waals surface area contributed by atoms with Crippen LogP contribution in [0.4, 0.5) is 27.3 Å². The number of fused-ring (bicyclic) bond motifs is 4. The van der Waals surface area contributed by atoms with Gasteiger partial charge in [-0.2, -0.15) is 5.10 Å². The molecule has 0 amide bonds. The van der Waals surface area contributed by atoms with Crippen molar-refractivity contribution in [3.63, 3.8) is 0 Å². The van der Waals surface area contributed by atoms with E-state index in [0.717, 1.165) is 33.9 Å². The van der Waals surface area contributed by atoms with Crippen molar-refractivity contribution in [3.05, 3.63) is 130 Å². The molecular formula is C33H24ClFN6O2. The standard InChI is InChI=1S/C33H24ClFN6O2/c1-19-28-29(20-12-14-21(15-13-20)33(42)43-2)40-27-11-7-6-10-26(27)37-30(36-22-16-17-25(35)24(34)18-22)32(40)38-31(28)41(39-19)23-8-4-3-5-9-23/h3-18,29H,1-2H3,(H,36,37)/t29-/m1/s1. The number of esters is 1. The van der Waals surface area contributed by atoms with Crippen molar-refractivity contribution in [1.29, 1.82) is 0 Å². The largest absolute Gasteiger partial charge is 0.465 e. The topological polar surface area (TPSA) is 84.1 Å². The molecule has 0 saturated heterocycles. The lowest BCUT2D eigenvalue weighted by Crippen LogP contribution is -2.46. The molecule has 43 heavy (non-hydrogen) atoms. The van der Waals surface area contributed by atoms with Crippen molar-refractivity contribution in [2.75, 3.05) is 17.3 Å². The van der Waals surface area contributed by atoms with Gasteiger partial charge in [-0.05, 0) is 67.1 Å². The van der Waals surface area contributed by atoms with Gasteiger partial charge in [0, 0.05) is 11.3 Å². The van der Waals surface area contributed by atoms with Crippen LogP contribution in [0.2, 0.25) is 5.02 Å². The molecule has 0 saturated carbocycles. The third-order valence-corrected chi connectivity index (χ3v) is 7.76. The minimum atomic E-state index is -0.512. The third-order valence-electron chi connectivity index (χ3n) is 7.47. The summed E-state index contributed by atoms with van der Waals surface area (Å²) in [7, 11) is 1.36. The maximum absolute atomic E-state index is 14.0. The summed E-state index contributed by atoms with van der Waals surface area (Å²) >= 11 is 6.12. The minimum Gasteiger partial charge on any atom is -0.465 e. The first-order chi connectivity index (χ1) is 20.9. The number of aryl methyl sites for hydroxylation is 1. The molecule has 0 unspecified atom stereocenters. The number of rotatable bonds is 4. The number of aliphatic imine (C=N–C) groups is 2. The van der Waals surface area contributed by atoms with Crippen LogP contribution >= 0.6 is 11.6 Å². The highest BCUT2D eigenvalue weighted by Gasteiger charge is 2.41.